The van der Waals surface area contributed by atoms with Crippen LogP contribution in [0.15, 0.2) is 18.2 Å². The number of hydrogen-bond donors (Lipinski definition) is 2. The van der Waals surface area contributed by atoms with Gasteiger partial charge < -0.3 is 15.4 Å². The van der Waals surface area contributed by atoms with Gasteiger partial charge in [0, 0.05) is 12.6 Å². The van der Waals surface area contributed by atoms with E-state index in [-0.39, 0.29) is 11.9 Å². The maximum Gasteiger partial charge on any atom is 0.223 e. The quantitative estimate of drug-likeness (QED) is 0.776. The van der Waals surface area contributed by atoms with Gasteiger partial charge in [0.05, 0.1) is 18.1 Å². The highest BCUT2D eigenvalue weighted by atomic mass is 35.5. The monoisotopic (exact) mass is 298 g/mol. The van der Waals surface area contributed by atoms with Crippen LogP contribution in [0, 0.1) is 0 Å². The molecule has 0 fully saturated rings. The average Bonchev–Trinajstić information content (AvgIpc) is 2.41. The highest BCUT2D eigenvalue weighted by Crippen LogP contribution is 2.28. The van der Waals surface area contributed by atoms with Crippen molar-refractivity contribution in [3.63, 3.8) is 0 Å². The van der Waals surface area contributed by atoms with E-state index in [9.17, 15) is 4.79 Å². The van der Waals surface area contributed by atoms with Crippen LogP contribution in [-0.2, 0) is 4.79 Å². The van der Waals surface area contributed by atoms with E-state index in [2.05, 4.69) is 24.5 Å². The minimum Gasteiger partial charge on any atom is -0.491 e. The molecule has 1 rings (SSSR count). The molecule has 0 aromatic heterocycles. The van der Waals surface area contributed by atoms with Crippen LogP contribution in [0.1, 0.15) is 38.8 Å². The molecular formula is C15H23ClN2O2. The third-order valence-electron chi connectivity index (χ3n) is 2.93. The molecule has 0 bridgehead atoms. The Kier molecular flexibility index (Phi) is 7.41. The van der Waals surface area contributed by atoms with Crippen LogP contribution in [0.5, 0.6) is 5.75 Å². The Labute approximate surface area is 125 Å². The van der Waals surface area contributed by atoms with Crippen LogP contribution < -0.4 is 15.4 Å². The standard InChI is InChI=1S/C15H23ClN2O2/c1-4-17-11(3)12-6-7-14(13(16)10-12)20-9-8-15(19)18-5-2/h6-7,10-11,17H,4-5,8-9H2,1-3H3,(H,18,19). The molecule has 112 valence electrons. The van der Waals surface area contributed by atoms with Crippen LogP contribution >= 0.6 is 11.6 Å². The molecular weight excluding hydrogens is 276 g/mol. The topological polar surface area (TPSA) is 50.4 Å². The molecule has 0 heterocycles. The lowest BCUT2D eigenvalue weighted by Gasteiger charge is -2.15. The summed E-state index contributed by atoms with van der Waals surface area (Å²) >= 11 is 6.20. The number of rotatable bonds is 8. The molecule has 0 aliphatic heterocycles. The van der Waals surface area contributed by atoms with E-state index in [4.69, 9.17) is 16.3 Å². The Balaban J connectivity index is 2.53. The van der Waals surface area contributed by atoms with Gasteiger partial charge in [-0.1, -0.05) is 24.6 Å². The van der Waals surface area contributed by atoms with Crippen molar-refractivity contribution in [3.8, 4) is 5.75 Å². The summed E-state index contributed by atoms with van der Waals surface area (Å²) in [7, 11) is 0. The maximum atomic E-state index is 11.3. The van der Waals surface area contributed by atoms with Gasteiger partial charge in [-0.15, -0.1) is 0 Å². The lowest BCUT2D eigenvalue weighted by molar-refractivity contribution is -0.121. The van der Waals surface area contributed by atoms with E-state index < -0.39 is 0 Å². The Morgan fingerprint density at radius 3 is 2.70 bits per heavy atom. The molecule has 2 N–H and O–H groups in total. The first-order valence-corrected chi connectivity index (χ1v) is 7.38. The Bertz CT molecular complexity index is 438. The molecule has 0 spiro atoms. The summed E-state index contributed by atoms with van der Waals surface area (Å²) in [5.74, 6) is 0.601. The second kappa shape index (κ2) is 8.82. The largest absolute Gasteiger partial charge is 0.491 e. The van der Waals surface area contributed by atoms with Crippen molar-refractivity contribution in [3.05, 3.63) is 28.8 Å². The molecule has 1 unspecified atom stereocenters. The predicted molar refractivity (Wildman–Crippen MR) is 82.3 cm³/mol. The van der Waals surface area contributed by atoms with Gasteiger partial charge in [0.15, 0.2) is 0 Å². The smallest absolute Gasteiger partial charge is 0.223 e. The molecule has 20 heavy (non-hydrogen) atoms. The zero-order valence-electron chi connectivity index (χ0n) is 12.3. The molecule has 1 atom stereocenters. The van der Waals surface area contributed by atoms with Crippen LogP contribution in [-0.4, -0.2) is 25.6 Å². The van der Waals surface area contributed by atoms with Crippen molar-refractivity contribution in [2.24, 2.45) is 0 Å². The zero-order chi connectivity index (χ0) is 15.0. The maximum absolute atomic E-state index is 11.3. The molecule has 1 amide bonds. The minimum absolute atomic E-state index is 0.0130. The molecule has 4 nitrogen and oxygen atoms in total. The molecule has 0 saturated heterocycles. The molecule has 5 heteroatoms. The fourth-order valence-corrected chi connectivity index (χ4v) is 2.11. The summed E-state index contributed by atoms with van der Waals surface area (Å²) in [6.07, 6.45) is 0.333. The van der Waals surface area contributed by atoms with Gasteiger partial charge in [-0.05, 0) is 38.1 Å². The van der Waals surface area contributed by atoms with Gasteiger partial charge in [0.1, 0.15) is 5.75 Å². The number of halogens is 1. The van der Waals surface area contributed by atoms with Crippen molar-refractivity contribution in [1.29, 1.82) is 0 Å². The van der Waals surface area contributed by atoms with E-state index in [0.717, 1.165) is 12.1 Å². The highest BCUT2D eigenvalue weighted by Gasteiger charge is 2.08. The first kappa shape index (κ1) is 16.8. The minimum atomic E-state index is -0.0130. The van der Waals surface area contributed by atoms with Crippen molar-refractivity contribution in [2.45, 2.75) is 33.2 Å². The van der Waals surface area contributed by atoms with Crippen molar-refractivity contribution in [1.82, 2.24) is 10.6 Å². The van der Waals surface area contributed by atoms with E-state index in [1.807, 2.05) is 25.1 Å². The van der Waals surface area contributed by atoms with Gasteiger partial charge in [0.25, 0.3) is 0 Å². The summed E-state index contributed by atoms with van der Waals surface area (Å²) in [4.78, 5) is 11.3. The lowest BCUT2D eigenvalue weighted by atomic mass is 10.1. The first-order valence-electron chi connectivity index (χ1n) is 7.00. The number of carbonyl (C=O) groups excluding carboxylic acids is 1. The number of benzene rings is 1. The molecule has 1 aromatic rings. The summed E-state index contributed by atoms with van der Waals surface area (Å²) in [6.45, 7) is 7.91. The second-order valence-electron chi connectivity index (χ2n) is 4.52. The number of nitrogens with one attached hydrogen (secondary N) is 2. The van der Waals surface area contributed by atoms with Crippen LogP contribution in [0.3, 0.4) is 0 Å². The second-order valence-corrected chi connectivity index (χ2v) is 4.93. The third kappa shape index (κ3) is 5.39. The Morgan fingerprint density at radius 2 is 2.10 bits per heavy atom. The molecule has 1 aromatic carbocycles. The fourth-order valence-electron chi connectivity index (χ4n) is 1.87. The fraction of sp³-hybridized carbons (Fsp3) is 0.533. The predicted octanol–water partition coefficient (Wildman–Crippen LogP) is 2.92. The van der Waals surface area contributed by atoms with Crippen molar-refractivity contribution < 1.29 is 9.53 Å². The van der Waals surface area contributed by atoms with Crippen molar-refractivity contribution >= 4 is 17.5 Å². The van der Waals surface area contributed by atoms with Gasteiger partial charge in [0.2, 0.25) is 5.91 Å². The van der Waals surface area contributed by atoms with E-state index in [0.29, 0.717) is 30.3 Å². The number of carbonyl (C=O) groups is 1. The van der Waals surface area contributed by atoms with Crippen LogP contribution in [0.4, 0.5) is 0 Å². The van der Waals surface area contributed by atoms with Gasteiger partial charge in [-0.3, -0.25) is 4.79 Å². The molecule has 0 saturated carbocycles. The van der Waals surface area contributed by atoms with Crippen molar-refractivity contribution in [2.75, 3.05) is 19.7 Å². The van der Waals surface area contributed by atoms with Crippen LogP contribution in [0.25, 0.3) is 0 Å². The third-order valence-corrected chi connectivity index (χ3v) is 3.22. The average molecular weight is 299 g/mol. The molecule has 0 aliphatic carbocycles. The lowest BCUT2D eigenvalue weighted by Crippen LogP contribution is -2.24. The summed E-state index contributed by atoms with van der Waals surface area (Å²) in [5.41, 5.74) is 1.12. The van der Waals surface area contributed by atoms with E-state index in [1.165, 1.54) is 0 Å². The summed E-state index contributed by atoms with van der Waals surface area (Å²) < 4.78 is 5.54. The van der Waals surface area contributed by atoms with Gasteiger partial charge >= 0.3 is 0 Å². The van der Waals surface area contributed by atoms with Gasteiger partial charge in [-0.25, -0.2) is 0 Å². The Hall–Kier alpha value is -1.26. The molecule has 0 radical (unpaired) electrons. The number of hydrogen-bond acceptors (Lipinski definition) is 3. The van der Waals surface area contributed by atoms with E-state index in [1.54, 1.807) is 0 Å². The van der Waals surface area contributed by atoms with Crippen LogP contribution in [0.2, 0.25) is 5.02 Å². The molecule has 0 aliphatic rings. The van der Waals surface area contributed by atoms with E-state index >= 15 is 0 Å². The summed E-state index contributed by atoms with van der Waals surface area (Å²) in [6, 6.07) is 5.99. The zero-order valence-corrected chi connectivity index (χ0v) is 13.1. The van der Waals surface area contributed by atoms with Gasteiger partial charge in [-0.2, -0.15) is 0 Å². The SMILES string of the molecule is CCNC(=O)CCOc1ccc(C(C)NCC)cc1Cl. The highest BCUT2D eigenvalue weighted by molar-refractivity contribution is 6.32. The Morgan fingerprint density at radius 1 is 1.35 bits per heavy atom. The summed E-state index contributed by atoms with van der Waals surface area (Å²) in [5, 5.41) is 6.62. The first-order chi connectivity index (χ1) is 9.58. The number of amides is 1. The number of ether oxygens (including phenoxy) is 1. The normalized spacial score (nSPS) is 12.0.